The number of nitrogens with one attached hydrogen (secondary N) is 1. The molecular formula is C19H28Cl2N4O2. The fourth-order valence-corrected chi connectivity index (χ4v) is 3.75. The van der Waals surface area contributed by atoms with Gasteiger partial charge in [0, 0.05) is 37.6 Å². The van der Waals surface area contributed by atoms with Gasteiger partial charge >= 0.3 is 0 Å². The third-order valence-corrected chi connectivity index (χ3v) is 5.15. The molecule has 0 saturated carbocycles. The van der Waals surface area contributed by atoms with E-state index in [2.05, 4.69) is 11.8 Å². The second-order valence-corrected chi connectivity index (χ2v) is 7.35. The molecule has 27 heavy (non-hydrogen) atoms. The largest absolute Gasteiger partial charge is 0.369 e. The van der Waals surface area contributed by atoms with Gasteiger partial charge < -0.3 is 9.47 Å². The summed E-state index contributed by atoms with van der Waals surface area (Å²) in [5.41, 5.74) is 4.55. The van der Waals surface area contributed by atoms with Crippen LogP contribution in [0.4, 0.5) is 5.69 Å². The Balaban J connectivity index is 2.39. The third kappa shape index (κ3) is 5.27. The number of hydrogen-bond acceptors (Lipinski definition) is 4. The van der Waals surface area contributed by atoms with Crippen LogP contribution in [-0.4, -0.2) is 45.5 Å². The quantitative estimate of drug-likeness (QED) is 0.252. The summed E-state index contributed by atoms with van der Waals surface area (Å²) in [6.07, 6.45) is 3.66. The van der Waals surface area contributed by atoms with Gasteiger partial charge in [-0.1, -0.05) is 26.2 Å². The number of aryl methyl sites for hydroxylation is 1. The molecule has 0 saturated heterocycles. The Morgan fingerprint density at radius 2 is 2.00 bits per heavy atom. The van der Waals surface area contributed by atoms with Crippen LogP contribution in [0.15, 0.2) is 18.2 Å². The number of hydroxylamine groups is 1. The lowest BCUT2D eigenvalue weighted by molar-refractivity contribution is -0.131. The topological polar surface area (TPSA) is 70.4 Å². The molecule has 8 heteroatoms. The number of benzene rings is 1. The van der Waals surface area contributed by atoms with Crippen LogP contribution in [0.25, 0.3) is 11.0 Å². The van der Waals surface area contributed by atoms with Gasteiger partial charge in [0.05, 0.1) is 17.0 Å². The molecule has 1 aromatic heterocycles. The maximum atomic E-state index is 12.2. The smallest absolute Gasteiger partial charge is 0.254 e. The van der Waals surface area contributed by atoms with Crippen LogP contribution in [0.5, 0.6) is 0 Å². The molecule has 2 aromatic rings. The molecule has 1 atom stereocenters. The summed E-state index contributed by atoms with van der Waals surface area (Å²) in [4.78, 5) is 19.1. The predicted octanol–water partition coefficient (Wildman–Crippen LogP) is 4.03. The van der Waals surface area contributed by atoms with Gasteiger partial charge in [-0.2, -0.15) is 0 Å². The molecular weight excluding hydrogens is 387 g/mol. The van der Waals surface area contributed by atoms with Gasteiger partial charge in [-0.25, -0.2) is 10.5 Å². The van der Waals surface area contributed by atoms with Crippen molar-refractivity contribution in [2.24, 2.45) is 7.05 Å². The number of halogens is 2. The first-order chi connectivity index (χ1) is 13.1. The monoisotopic (exact) mass is 414 g/mol. The van der Waals surface area contributed by atoms with Gasteiger partial charge in [0.1, 0.15) is 5.82 Å². The van der Waals surface area contributed by atoms with Gasteiger partial charge in [-0.05, 0) is 24.6 Å². The zero-order valence-corrected chi connectivity index (χ0v) is 17.4. The molecule has 0 spiro atoms. The number of alkyl halides is 2. The summed E-state index contributed by atoms with van der Waals surface area (Å²) in [6, 6.07) is 6.01. The number of nitrogens with zero attached hydrogens (tertiary/aromatic N) is 3. The molecule has 1 unspecified atom stereocenters. The van der Waals surface area contributed by atoms with E-state index in [0.717, 1.165) is 36.0 Å². The van der Waals surface area contributed by atoms with Crippen LogP contribution in [0.2, 0.25) is 0 Å². The number of carbonyl (C=O) groups is 1. The fourth-order valence-electron chi connectivity index (χ4n) is 3.34. The number of amides is 1. The molecule has 2 rings (SSSR count). The van der Waals surface area contributed by atoms with Gasteiger partial charge in [-0.3, -0.25) is 10.0 Å². The maximum Gasteiger partial charge on any atom is 0.254 e. The van der Waals surface area contributed by atoms with Crippen molar-refractivity contribution in [1.82, 2.24) is 15.0 Å². The van der Waals surface area contributed by atoms with Crippen molar-refractivity contribution in [1.29, 1.82) is 0 Å². The molecule has 2 N–H and O–H groups in total. The Morgan fingerprint density at radius 3 is 2.59 bits per heavy atom. The molecule has 1 heterocycles. The molecule has 6 nitrogen and oxygen atoms in total. The van der Waals surface area contributed by atoms with Crippen molar-refractivity contribution in [3.63, 3.8) is 0 Å². The van der Waals surface area contributed by atoms with Crippen molar-refractivity contribution in [2.45, 2.75) is 38.5 Å². The Hall–Kier alpha value is -1.50. The highest BCUT2D eigenvalue weighted by molar-refractivity contribution is 6.18. The van der Waals surface area contributed by atoms with E-state index in [-0.39, 0.29) is 0 Å². The summed E-state index contributed by atoms with van der Waals surface area (Å²) in [5, 5.41) is 9.16. The lowest BCUT2D eigenvalue weighted by Gasteiger charge is -2.22. The Labute approximate surface area is 170 Å². The van der Waals surface area contributed by atoms with Gasteiger partial charge in [0.25, 0.3) is 5.91 Å². The molecule has 1 aromatic carbocycles. The summed E-state index contributed by atoms with van der Waals surface area (Å²) >= 11 is 11.8. The molecule has 0 aliphatic heterocycles. The van der Waals surface area contributed by atoms with Crippen molar-refractivity contribution in [2.75, 3.05) is 29.7 Å². The van der Waals surface area contributed by atoms with Crippen LogP contribution < -0.4 is 10.4 Å². The van der Waals surface area contributed by atoms with Crippen LogP contribution in [0, 0.1) is 0 Å². The van der Waals surface area contributed by atoms with Gasteiger partial charge in [-0.15, -0.1) is 23.2 Å². The SMILES string of the molecule is CCCCCC(C(=O)NO)c1nc2cc(N(CCCl)CCCl)ccc2n1C. The summed E-state index contributed by atoms with van der Waals surface area (Å²) in [5.74, 6) is 0.780. The van der Waals surface area contributed by atoms with Crippen molar-refractivity contribution in [3.8, 4) is 0 Å². The van der Waals surface area contributed by atoms with Crippen molar-refractivity contribution in [3.05, 3.63) is 24.0 Å². The molecule has 0 aliphatic rings. The maximum absolute atomic E-state index is 12.2. The lowest BCUT2D eigenvalue weighted by atomic mass is 9.99. The summed E-state index contributed by atoms with van der Waals surface area (Å²) < 4.78 is 1.93. The highest BCUT2D eigenvalue weighted by atomic mass is 35.5. The zero-order chi connectivity index (χ0) is 19.8. The molecule has 0 radical (unpaired) electrons. The number of carbonyl (C=O) groups excluding carboxylic acids is 1. The number of aromatic nitrogens is 2. The summed E-state index contributed by atoms with van der Waals surface area (Å²) in [6.45, 7) is 3.52. The Bertz CT molecular complexity index is 745. The average molecular weight is 415 g/mol. The highest BCUT2D eigenvalue weighted by Crippen LogP contribution is 2.28. The van der Waals surface area contributed by atoms with Gasteiger partial charge in [0.2, 0.25) is 0 Å². The molecule has 0 aliphatic carbocycles. The van der Waals surface area contributed by atoms with Gasteiger partial charge in [0.15, 0.2) is 0 Å². The molecule has 150 valence electrons. The lowest BCUT2D eigenvalue weighted by Crippen LogP contribution is -2.28. The van der Waals surface area contributed by atoms with Crippen LogP contribution in [0.3, 0.4) is 0 Å². The van der Waals surface area contributed by atoms with E-state index in [1.54, 1.807) is 5.48 Å². The zero-order valence-electron chi connectivity index (χ0n) is 15.9. The average Bonchev–Trinajstić information content (AvgIpc) is 3.00. The molecule has 1 amide bonds. The van der Waals surface area contributed by atoms with E-state index in [9.17, 15) is 4.79 Å². The number of imidazole rings is 1. The standard InChI is InChI=1S/C19H28Cl2N4O2/c1-3-4-5-6-15(19(26)23-27)18-22-16-13-14(7-8-17(16)24(18)2)25(11-9-20)12-10-21/h7-8,13,15,27H,3-6,9-12H2,1-2H3,(H,23,26). The second kappa shape index (κ2) is 10.7. The molecule has 0 bridgehead atoms. The number of fused-ring (bicyclic) bond motifs is 1. The predicted molar refractivity (Wildman–Crippen MR) is 111 cm³/mol. The van der Waals surface area contributed by atoms with E-state index >= 15 is 0 Å². The van der Waals surface area contributed by atoms with E-state index in [1.165, 1.54) is 0 Å². The Kier molecular flexibility index (Phi) is 8.67. The Morgan fingerprint density at radius 1 is 1.30 bits per heavy atom. The van der Waals surface area contributed by atoms with Crippen LogP contribution in [0.1, 0.15) is 44.3 Å². The number of anilines is 1. The minimum atomic E-state index is -0.482. The normalized spacial score (nSPS) is 12.3. The van der Waals surface area contributed by atoms with E-state index in [4.69, 9.17) is 33.4 Å². The number of rotatable bonds is 11. The second-order valence-electron chi connectivity index (χ2n) is 6.59. The minimum absolute atomic E-state index is 0.421. The van der Waals surface area contributed by atoms with E-state index in [1.807, 2.05) is 29.8 Å². The van der Waals surface area contributed by atoms with Crippen LogP contribution >= 0.6 is 23.2 Å². The van der Waals surface area contributed by atoms with E-state index < -0.39 is 11.8 Å². The number of unbranched alkanes of at least 4 members (excludes halogenated alkanes) is 2. The fraction of sp³-hybridized carbons (Fsp3) is 0.579. The van der Waals surface area contributed by atoms with Crippen molar-refractivity contribution < 1.29 is 10.0 Å². The first-order valence-electron chi connectivity index (χ1n) is 9.34. The first-order valence-corrected chi connectivity index (χ1v) is 10.4. The van der Waals surface area contributed by atoms with Crippen molar-refractivity contribution >= 4 is 45.8 Å². The molecule has 0 fully saturated rings. The number of hydrogen-bond donors (Lipinski definition) is 2. The summed E-state index contributed by atoms with van der Waals surface area (Å²) in [7, 11) is 1.90. The highest BCUT2D eigenvalue weighted by Gasteiger charge is 2.25. The first kappa shape index (κ1) is 21.8. The van der Waals surface area contributed by atoms with E-state index in [0.29, 0.717) is 37.1 Å². The van der Waals surface area contributed by atoms with Crippen LogP contribution in [-0.2, 0) is 11.8 Å². The minimum Gasteiger partial charge on any atom is -0.369 e. The third-order valence-electron chi connectivity index (χ3n) is 4.81.